The van der Waals surface area contributed by atoms with Crippen molar-refractivity contribution in [1.29, 1.82) is 0 Å². The third-order valence-electron chi connectivity index (χ3n) is 7.30. The van der Waals surface area contributed by atoms with Crippen LogP contribution in [0.25, 0.3) is 0 Å². The van der Waals surface area contributed by atoms with Gasteiger partial charge in [-0.25, -0.2) is 19.2 Å². The minimum Gasteiger partial charge on any atom is -0.481 e. The summed E-state index contributed by atoms with van der Waals surface area (Å²) in [6.45, 7) is 3.14. The molecule has 0 bridgehead atoms. The number of Topliss-reactive ketones (excluding diaryl/α,β-unsaturated/α-hetero) is 1. The molecule has 0 aromatic heterocycles. The van der Waals surface area contributed by atoms with Gasteiger partial charge >= 0.3 is 23.9 Å². The summed E-state index contributed by atoms with van der Waals surface area (Å²) in [6.07, 6.45) is 5.96. The predicted molar refractivity (Wildman–Crippen MR) is 134 cm³/mol. The van der Waals surface area contributed by atoms with E-state index in [1.165, 1.54) is 38.2 Å². The highest BCUT2D eigenvalue weighted by atomic mass is 16.8. The quantitative estimate of drug-likeness (QED) is 0.110. The maximum atomic E-state index is 12.6. The zero-order chi connectivity index (χ0) is 30.3. The Bertz CT molecular complexity index is 1360. The van der Waals surface area contributed by atoms with Gasteiger partial charge in [0.15, 0.2) is 5.78 Å². The van der Waals surface area contributed by atoms with Crippen LogP contribution in [-0.2, 0) is 57.1 Å². The topological polar surface area (TPSA) is 194 Å². The lowest BCUT2D eigenvalue weighted by Gasteiger charge is -2.45. The molecule has 14 heteroatoms. The highest BCUT2D eigenvalue weighted by Crippen LogP contribution is 2.45. The Morgan fingerprint density at radius 1 is 0.810 bits per heavy atom. The molecule has 4 aliphatic heterocycles. The van der Waals surface area contributed by atoms with E-state index in [0.29, 0.717) is 6.61 Å². The van der Waals surface area contributed by atoms with Gasteiger partial charge in [-0.2, -0.15) is 0 Å². The van der Waals surface area contributed by atoms with Gasteiger partial charge in [0, 0.05) is 45.4 Å². The maximum Gasteiger partial charge on any atom is 0.348 e. The van der Waals surface area contributed by atoms with Crippen molar-refractivity contribution in [2.45, 2.75) is 75.8 Å². The number of ether oxygens (including phenoxy) is 7. The van der Waals surface area contributed by atoms with Crippen molar-refractivity contribution >= 4 is 29.7 Å². The van der Waals surface area contributed by atoms with Gasteiger partial charge in [0.05, 0.1) is 6.61 Å². The van der Waals surface area contributed by atoms with Crippen LogP contribution in [0.2, 0.25) is 0 Å². The van der Waals surface area contributed by atoms with E-state index < -0.39 is 59.2 Å². The van der Waals surface area contributed by atoms with Crippen molar-refractivity contribution in [1.82, 2.24) is 0 Å². The number of hydrogen-bond acceptors (Lipinski definition) is 14. The molecule has 5 rings (SSSR count). The molecule has 1 aliphatic carbocycles. The van der Waals surface area contributed by atoms with E-state index in [1.54, 1.807) is 0 Å². The number of aliphatic hydroxyl groups excluding tert-OH is 2. The van der Waals surface area contributed by atoms with Crippen LogP contribution in [0, 0.1) is 0 Å². The molecule has 2 atom stereocenters. The van der Waals surface area contributed by atoms with E-state index in [1.807, 2.05) is 0 Å². The van der Waals surface area contributed by atoms with Crippen molar-refractivity contribution in [3.63, 3.8) is 0 Å². The number of cyclic esters (lactones) is 1. The van der Waals surface area contributed by atoms with Gasteiger partial charge in [0.25, 0.3) is 29.3 Å². The molecule has 2 saturated heterocycles. The SMILES string of the molecule is CC1=C(O)OC2(CCC3(CC2)OC(=O)C(=C/C=C/C=C/C2=C(O)OC(C)(CCC(=O)C4CO4)OC2=O)C(=O)O3)OC1=O. The van der Waals surface area contributed by atoms with Crippen molar-refractivity contribution in [3.05, 3.63) is 59.0 Å². The Morgan fingerprint density at radius 3 is 1.98 bits per heavy atom. The third kappa shape index (κ3) is 5.88. The first-order valence-electron chi connectivity index (χ1n) is 13.2. The minimum atomic E-state index is -1.57. The standard InChI is InChI=1S/C28H28O14/c1-15-20(30)39-27(40-21(15)31)10-12-28(13-11-27)41-24(34)17(25(35)42-28)7-5-3-4-6-16-22(32)37-26(2,38-23(16)33)9-8-18(29)19-14-36-19/h3-7,19,30,32H,8-14H2,1-2H3/b5-3+,6-4+,17-7?. The van der Waals surface area contributed by atoms with Crippen LogP contribution in [0.4, 0.5) is 0 Å². The first-order valence-corrected chi connectivity index (χ1v) is 13.2. The molecule has 5 aliphatic rings. The molecule has 2 spiro atoms. The van der Waals surface area contributed by atoms with Gasteiger partial charge in [0.1, 0.15) is 22.8 Å². The molecule has 2 N–H and O–H groups in total. The second-order valence-electron chi connectivity index (χ2n) is 10.5. The summed E-state index contributed by atoms with van der Waals surface area (Å²) >= 11 is 0. The normalized spacial score (nSPS) is 32.9. The number of carbonyl (C=O) groups is 5. The summed E-state index contributed by atoms with van der Waals surface area (Å²) in [5, 5.41) is 20.1. The number of rotatable bonds is 7. The van der Waals surface area contributed by atoms with Crippen molar-refractivity contribution in [2.24, 2.45) is 0 Å². The molecule has 4 heterocycles. The monoisotopic (exact) mass is 588 g/mol. The van der Waals surface area contributed by atoms with E-state index in [4.69, 9.17) is 33.2 Å². The van der Waals surface area contributed by atoms with Crippen LogP contribution in [-0.4, -0.2) is 69.9 Å². The maximum absolute atomic E-state index is 12.6. The third-order valence-corrected chi connectivity index (χ3v) is 7.30. The van der Waals surface area contributed by atoms with Crippen LogP contribution < -0.4 is 0 Å². The van der Waals surface area contributed by atoms with Gasteiger partial charge in [-0.05, 0) is 19.1 Å². The second kappa shape index (κ2) is 10.7. The molecule has 3 fully saturated rings. The smallest absolute Gasteiger partial charge is 0.348 e. The van der Waals surface area contributed by atoms with E-state index >= 15 is 0 Å². The minimum absolute atomic E-state index is 0.00192. The van der Waals surface area contributed by atoms with Crippen molar-refractivity contribution < 1.29 is 67.3 Å². The highest BCUT2D eigenvalue weighted by Gasteiger charge is 2.55. The molecule has 0 aromatic carbocycles. The molecular formula is C28H28O14. The average molecular weight is 589 g/mol. The fraction of sp³-hybridized carbons (Fsp3) is 0.464. The van der Waals surface area contributed by atoms with E-state index in [-0.39, 0.29) is 61.0 Å². The van der Waals surface area contributed by atoms with Crippen LogP contribution in [0.1, 0.15) is 52.4 Å². The summed E-state index contributed by atoms with van der Waals surface area (Å²) in [5.41, 5.74) is -0.727. The van der Waals surface area contributed by atoms with Gasteiger partial charge in [0.2, 0.25) is 0 Å². The van der Waals surface area contributed by atoms with E-state index in [0.717, 1.165) is 6.08 Å². The van der Waals surface area contributed by atoms with Gasteiger partial charge < -0.3 is 43.4 Å². The Kier molecular flexibility index (Phi) is 7.35. The number of esters is 4. The van der Waals surface area contributed by atoms with Gasteiger partial charge in [-0.3, -0.25) is 4.79 Å². The number of allylic oxidation sites excluding steroid dienone is 4. The summed E-state index contributed by atoms with van der Waals surface area (Å²) in [5.74, 6) is -9.35. The molecule has 42 heavy (non-hydrogen) atoms. The zero-order valence-corrected chi connectivity index (χ0v) is 22.7. The van der Waals surface area contributed by atoms with Crippen LogP contribution in [0.15, 0.2) is 59.0 Å². The first kappa shape index (κ1) is 28.9. The van der Waals surface area contributed by atoms with Crippen molar-refractivity contribution in [3.8, 4) is 0 Å². The second-order valence-corrected chi connectivity index (χ2v) is 10.5. The summed E-state index contributed by atoms with van der Waals surface area (Å²) in [6, 6.07) is 0. The Morgan fingerprint density at radius 2 is 1.40 bits per heavy atom. The van der Waals surface area contributed by atoms with Crippen LogP contribution in [0.5, 0.6) is 0 Å². The largest absolute Gasteiger partial charge is 0.481 e. The Hall–Kier alpha value is -4.59. The summed E-state index contributed by atoms with van der Waals surface area (Å²) in [7, 11) is 0. The first-order chi connectivity index (χ1) is 19.8. The van der Waals surface area contributed by atoms with E-state index in [9.17, 15) is 34.2 Å². The van der Waals surface area contributed by atoms with Crippen LogP contribution >= 0.6 is 0 Å². The molecule has 2 unspecified atom stereocenters. The summed E-state index contributed by atoms with van der Waals surface area (Å²) in [4.78, 5) is 61.5. The van der Waals surface area contributed by atoms with Crippen LogP contribution in [0.3, 0.4) is 0 Å². The van der Waals surface area contributed by atoms with Crippen molar-refractivity contribution in [2.75, 3.05) is 6.61 Å². The Labute approximate surface area is 238 Å². The molecule has 14 nitrogen and oxygen atoms in total. The number of carbonyl (C=O) groups excluding carboxylic acids is 5. The molecular weight excluding hydrogens is 560 g/mol. The van der Waals surface area contributed by atoms with Gasteiger partial charge in [-0.15, -0.1) is 0 Å². The fourth-order valence-electron chi connectivity index (χ4n) is 4.69. The molecule has 0 aromatic rings. The lowest BCUT2D eigenvalue weighted by atomic mass is 9.87. The van der Waals surface area contributed by atoms with E-state index in [2.05, 4.69) is 0 Å². The number of hydrogen-bond donors (Lipinski definition) is 2. The fourth-order valence-corrected chi connectivity index (χ4v) is 4.69. The average Bonchev–Trinajstić information content (AvgIpc) is 3.76. The lowest BCUT2D eigenvalue weighted by molar-refractivity contribution is -0.297. The lowest BCUT2D eigenvalue weighted by Crippen LogP contribution is -2.54. The highest BCUT2D eigenvalue weighted by molar-refractivity contribution is 6.15. The molecule has 0 radical (unpaired) electrons. The number of epoxide rings is 1. The summed E-state index contributed by atoms with van der Waals surface area (Å²) < 4.78 is 37.1. The molecule has 0 amide bonds. The number of ketones is 1. The number of aliphatic hydroxyl groups is 2. The zero-order valence-electron chi connectivity index (χ0n) is 22.7. The Balaban J connectivity index is 1.16. The molecule has 1 saturated carbocycles. The predicted octanol–water partition coefficient (Wildman–Crippen LogP) is 2.26. The molecule has 224 valence electrons. The van der Waals surface area contributed by atoms with Gasteiger partial charge in [-0.1, -0.05) is 18.2 Å².